The molecule has 2 atom stereocenters. The van der Waals surface area contributed by atoms with Gasteiger partial charge in [-0.3, -0.25) is 14.8 Å². The molecular formula is C22H19N3O3. The molecule has 0 spiro atoms. The lowest BCUT2D eigenvalue weighted by atomic mass is 9.78. The second-order valence-corrected chi connectivity index (χ2v) is 6.49. The number of carbonyl (C=O) groups excluding carboxylic acids is 2. The summed E-state index contributed by atoms with van der Waals surface area (Å²) < 4.78 is 5.15. The monoisotopic (exact) mass is 373 g/mol. The first-order valence-electron chi connectivity index (χ1n) is 9.11. The number of ketones is 1. The number of anilines is 1. The molecule has 2 aromatic heterocycles. The standard InChI is InChI=1S/C22H19N3O3/c1-2-28-22(27)16-8-3-9-17-19(16)21(26)18(14-6-4-10-23-12-14)20(25-17)15-7-5-11-24-13-15/h3-13,18,20,25H,2H2,1H3. The Hall–Kier alpha value is -3.54. The smallest absolute Gasteiger partial charge is 0.338 e. The van der Waals surface area contributed by atoms with Crippen molar-refractivity contribution in [2.75, 3.05) is 11.9 Å². The summed E-state index contributed by atoms with van der Waals surface area (Å²) in [5.74, 6) is -1.18. The molecule has 3 heterocycles. The van der Waals surface area contributed by atoms with E-state index in [1.54, 1.807) is 56.0 Å². The van der Waals surface area contributed by atoms with Crippen LogP contribution in [0.4, 0.5) is 5.69 Å². The van der Waals surface area contributed by atoms with Gasteiger partial charge in [0.15, 0.2) is 5.78 Å². The van der Waals surface area contributed by atoms with Crippen LogP contribution in [0, 0.1) is 0 Å². The van der Waals surface area contributed by atoms with E-state index in [0.717, 1.165) is 11.1 Å². The number of hydrogen-bond acceptors (Lipinski definition) is 6. The lowest BCUT2D eigenvalue weighted by Gasteiger charge is -2.34. The molecule has 0 bridgehead atoms. The number of rotatable bonds is 4. The number of nitrogens with zero attached hydrogens (tertiary/aromatic N) is 2. The van der Waals surface area contributed by atoms with Crippen molar-refractivity contribution in [1.82, 2.24) is 9.97 Å². The highest BCUT2D eigenvalue weighted by Gasteiger charge is 2.39. The molecule has 28 heavy (non-hydrogen) atoms. The molecule has 1 N–H and O–H groups in total. The van der Waals surface area contributed by atoms with Gasteiger partial charge < -0.3 is 10.1 Å². The number of esters is 1. The van der Waals surface area contributed by atoms with Crippen molar-refractivity contribution in [3.63, 3.8) is 0 Å². The molecule has 0 aliphatic carbocycles. The Labute approximate surface area is 162 Å². The van der Waals surface area contributed by atoms with E-state index in [0.29, 0.717) is 11.3 Å². The Kier molecular flexibility index (Phi) is 4.85. The number of pyridine rings is 2. The predicted octanol–water partition coefficient (Wildman–Crippen LogP) is 3.79. The molecule has 1 aliphatic heterocycles. The minimum Gasteiger partial charge on any atom is -0.462 e. The van der Waals surface area contributed by atoms with E-state index >= 15 is 0 Å². The van der Waals surface area contributed by atoms with Crippen molar-refractivity contribution in [1.29, 1.82) is 0 Å². The van der Waals surface area contributed by atoms with Gasteiger partial charge in [-0.05, 0) is 42.3 Å². The fraction of sp³-hybridized carbons (Fsp3) is 0.182. The highest BCUT2D eigenvalue weighted by Crippen LogP contribution is 2.43. The molecular weight excluding hydrogens is 354 g/mol. The molecule has 4 rings (SSSR count). The van der Waals surface area contributed by atoms with Crippen LogP contribution in [0.2, 0.25) is 0 Å². The highest BCUT2D eigenvalue weighted by atomic mass is 16.5. The van der Waals surface area contributed by atoms with Crippen molar-refractivity contribution in [2.45, 2.75) is 18.9 Å². The molecule has 0 saturated carbocycles. The van der Waals surface area contributed by atoms with Gasteiger partial charge in [0.25, 0.3) is 0 Å². The number of fused-ring (bicyclic) bond motifs is 1. The third-order valence-corrected chi connectivity index (χ3v) is 4.82. The van der Waals surface area contributed by atoms with E-state index < -0.39 is 11.9 Å². The van der Waals surface area contributed by atoms with E-state index in [4.69, 9.17) is 4.74 Å². The molecule has 0 amide bonds. The van der Waals surface area contributed by atoms with E-state index in [2.05, 4.69) is 15.3 Å². The van der Waals surface area contributed by atoms with E-state index in [9.17, 15) is 9.59 Å². The quantitative estimate of drug-likeness (QED) is 0.701. The van der Waals surface area contributed by atoms with E-state index in [1.165, 1.54) is 0 Å². The second-order valence-electron chi connectivity index (χ2n) is 6.49. The zero-order chi connectivity index (χ0) is 19.5. The van der Waals surface area contributed by atoms with Crippen LogP contribution in [0.5, 0.6) is 0 Å². The summed E-state index contributed by atoms with van der Waals surface area (Å²) in [4.78, 5) is 34.4. The largest absolute Gasteiger partial charge is 0.462 e. The second kappa shape index (κ2) is 7.60. The molecule has 1 aromatic carbocycles. The van der Waals surface area contributed by atoms with Gasteiger partial charge in [-0.15, -0.1) is 0 Å². The Balaban J connectivity index is 1.87. The summed E-state index contributed by atoms with van der Waals surface area (Å²) >= 11 is 0. The number of benzene rings is 1. The topological polar surface area (TPSA) is 81.2 Å². The Morgan fingerprint density at radius 2 is 1.75 bits per heavy atom. The summed E-state index contributed by atoms with van der Waals surface area (Å²) in [5, 5.41) is 3.43. The van der Waals surface area contributed by atoms with Crippen molar-refractivity contribution >= 4 is 17.4 Å². The van der Waals surface area contributed by atoms with Crippen molar-refractivity contribution in [2.24, 2.45) is 0 Å². The Morgan fingerprint density at radius 3 is 2.39 bits per heavy atom. The molecule has 6 heteroatoms. The summed E-state index contributed by atoms with van der Waals surface area (Å²) in [6.07, 6.45) is 6.79. The lowest BCUT2D eigenvalue weighted by Crippen LogP contribution is -2.33. The van der Waals surface area contributed by atoms with Crippen LogP contribution in [0.15, 0.2) is 67.3 Å². The number of nitrogens with one attached hydrogen (secondary N) is 1. The van der Waals surface area contributed by atoms with Crippen molar-refractivity contribution < 1.29 is 14.3 Å². The van der Waals surface area contributed by atoms with Gasteiger partial charge in [0.1, 0.15) is 0 Å². The zero-order valence-electron chi connectivity index (χ0n) is 15.3. The maximum Gasteiger partial charge on any atom is 0.338 e. The van der Waals surface area contributed by atoms with Gasteiger partial charge in [0, 0.05) is 30.5 Å². The van der Waals surface area contributed by atoms with Gasteiger partial charge in [0.2, 0.25) is 0 Å². The van der Waals surface area contributed by atoms with Gasteiger partial charge in [-0.2, -0.15) is 0 Å². The van der Waals surface area contributed by atoms with E-state index in [-0.39, 0.29) is 24.0 Å². The summed E-state index contributed by atoms with van der Waals surface area (Å²) in [7, 11) is 0. The number of carbonyl (C=O) groups is 2. The maximum absolute atomic E-state index is 13.6. The predicted molar refractivity (Wildman–Crippen MR) is 104 cm³/mol. The fourth-order valence-corrected chi connectivity index (χ4v) is 3.61. The number of ether oxygens (including phenoxy) is 1. The van der Waals surface area contributed by atoms with Gasteiger partial charge in [-0.1, -0.05) is 18.2 Å². The molecule has 0 fully saturated rings. The first kappa shape index (κ1) is 17.9. The normalized spacial score (nSPS) is 18.1. The molecule has 1 aliphatic rings. The molecule has 140 valence electrons. The first-order valence-corrected chi connectivity index (χ1v) is 9.11. The van der Waals surface area contributed by atoms with Crippen LogP contribution in [0.3, 0.4) is 0 Å². The minimum absolute atomic E-state index is 0.140. The Morgan fingerprint density at radius 1 is 1.04 bits per heavy atom. The number of hydrogen-bond donors (Lipinski definition) is 1. The minimum atomic E-state index is -0.541. The zero-order valence-corrected chi connectivity index (χ0v) is 15.3. The van der Waals surface area contributed by atoms with Gasteiger partial charge in [0.05, 0.1) is 29.7 Å². The summed E-state index contributed by atoms with van der Waals surface area (Å²) in [6, 6.07) is 12.3. The van der Waals surface area contributed by atoms with Crippen LogP contribution in [-0.4, -0.2) is 28.3 Å². The number of Topliss-reactive ketones (excluding diaryl/α,β-unsaturated/α-hetero) is 1. The molecule has 0 radical (unpaired) electrons. The van der Waals surface area contributed by atoms with Gasteiger partial charge >= 0.3 is 5.97 Å². The highest BCUT2D eigenvalue weighted by molar-refractivity contribution is 6.14. The van der Waals surface area contributed by atoms with Gasteiger partial charge in [-0.25, -0.2) is 4.79 Å². The first-order chi connectivity index (χ1) is 13.7. The van der Waals surface area contributed by atoms with Crippen LogP contribution in [0.1, 0.15) is 50.7 Å². The molecule has 0 saturated heterocycles. The van der Waals surface area contributed by atoms with Crippen LogP contribution in [0.25, 0.3) is 0 Å². The SMILES string of the molecule is CCOC(=O)c1cccc2c1C(=O)C(c1cccnc1)C(c1cccnc1)N2. The molecule has 6 nitrogen and oxygen atoms in total. The third kappa shape index (κ3) is 3.13. The molecule has 2 unspecified atom stereocenters. The Bertz CT molecular complexity index is 1010. The fourth-order valence-electron chi connectivity index (χ4n) is 3.61. The lowest BCUT2D eigenvalue weighted by molar-refractivity contribution is 0.0522. The average Bonchev–Trinajstić information content (AvgIpc) is 2.74. The van der Waals surface area contributed by atoms with Crippen LogP contribution >= 0.6 is 0 Å². The van der Waals surface area contributed by atoms with Crippen molar-refractivity contribution in [3.05, 3.63) is 89.5 Å². The molecule has 3 aromatic rings. The summed E-state index contributed by atoms with van der Waals surface area (Å²) in [6.45, 7) is 1.98. The van der Waals surface area contributed by atoms with Crippen LogP contribution in [-0.2, 0) is 4.74 Å². The maximum atomic E-state index is 13.6. The average molecular weight is 373 g/mol. The third-order valence-electron chi connectivity index (χ3n) is 4.82. The van der Waals surface area contributed by atoms with E-state index in [1.807, 2.05) is 18.2 Å². The van der Waals surface area contributed by atoms with Crippen LogP contribution < -0.4 is 5.32 Å². The summed E-state index contributed by atoms with van der Waals surface area (Å²) in [5.41, 5.74) is 2.91. The van der Waals surface area contributed by atoms with Crippen molar-refractivity contribution in [3.8, 4) is 0 Å². The number of aromatic nitrogens is 2.